The molecule has 0 aromatic rings. The van der Waals surface area contributed by atoms with E-state index >= 15 is 0 Å². The maximum atomic E-state index is 14.7. The zero-order chi connectivity index (χ0) is 24.0. The summed E-state index contributed by atoms with van der Waals surface area (Å²) in [6, 6.07) is 0. The third-order valence-corrected chi connectivity index (χ3v) is 5.84. The van der Waals surface area contributed by atoms with Crippen LogP contribution in [0.3, 0.4) is 0 Å². The van der Waals surface area contributed by atoms with Crippen LogP contribution >= 0.6 is 0 Å². The molecule has 4 fully saturated rings. The van der Waals surface area contributed by atoms with Gasteiger partial charge >= 0.3 is 47.1 Å². The van der Waals surface area contributed by atoms with Gasteiger partial charge in [0, 0.05) is 6.08 Å². The number of carbonyl (C=O) groups excluding carboxylic acids is 1. The van der Waals surface area contributed by atoms with Crippen LogP contribution in [0.4, 0.5) is 52.7 Å². The largest absolute Gasteiger partial charge is 0.436 e. The van der Waals surface area contributed by atoms with Crippen molar-refractivity contribution in [1.82, 2.24) is 0 Å². The smallest absolute Gasteiger partial charge is 0.339 e. The van der Waals surface area contributed by atoms with Crippen molar-refractivity contribution in [2.24, 2.45) is 0 Å². The Labute approximate surface area is 155 Å². The fourth-order valence-electron chi connectivity index (χ4n) is 4.30. The first-order valence-electron chi connectivity index (χ1n) is 7.25. The summed E-state index contributed by atoms with van der Waals surface area (Å²) in [5.41, 5.74) is -27.9. The Kier molecular flexibility index (Phi) is 3.59. The summed E-state index contributed by atoms with van der Waals surface area (Å²) in [5, 5.41) is 28.4. The van der Waals surface area contributed by atoms with Gasteiger partial charge in [-0.1, -0.05) is 6.58 Å². The molecule has 4 bridgehead atoms. The Morgan fingerprint density at radius 3 is 1.03 bits per heavy atom. The fraction of sp³-hybridized carbons (Fsp3) is 0.769. The van der Waals surface area contributed by atoms with Crippen molar-refractivity contribution < 1.29 is 77.5 Å². The Balaban J connectivity index is 2.71. The molecule has 4 rings (SSSR count). The summed E-state index contributed by atoms with van der Waals surface area (Å²) < 4.78 is 177. The van der Waals surface area contributed by atoms with Crippen LogP contribution in [0.1, 0.15) is 0 Å². The van der Waals surface area contributed by atoms with E-state index in [2.05, 4.69) is 11.3 Å². The van der Waals surface area contributed by atoms with Crippen LogP contribution in [0.2, 0.25) is 0 Å². The fourth-order valence-corrected chi connectivity index (χ4v) is 4.30. The van der Waals surface area contributed by atoms with Crippen molar-refractivity contribution in [2.75, 3.05) is 0 Å². The number of esters is 1. The van der Waals surface area contributed by atoms with Gasteiger partial charge in [0.15, 0.2) is 0 Å². The van der Waals surface area contributed by atoms with Crippen LogP contribution in [0.15, 0.2) is 12.7 Å². The molecule has 4 aliphatic carbocycles. The molecule has 5 nitrogen and oxygen atoms in total. The van der Waals surface area contributed by atoms with Gasteiger partial charge in [0.2, 0.25) is 0 Å². The van der Waals surface area contributed by atoms with E-state index in [-0.39, 0.29) is 0 Å². The monoisotopic (exact) mass is 470 g/mol. The average molecular weight is 470 g/mol. The van der Waals surface area contributed by atoms with E-state index in [4.69, 9.17) is 0 Å². The number of aliphatic hydroxyl groups is 3. The summed E-state index contributed by atoms with van der Waals surface area (Å²) in [6.45, 7) is 2.40. The average Bonchev–Trinajstić information content (AvgIpc) is 2.58. The van der Waals surface area contributed by atoms with E-state index in [9.17, 15) is 72.8 Å². The molecule has 30 heavy (non-hydrogen) atoms. The number of ether oxygens (including phenoxy) is 1. The molecule has 4 aliphatic rings. The summed E-state index contributed by atoms with van der Waals surface area (Å²) >= 11 is 0. The van der Waals surface area contributed by atoms with Crippen molar-refractivity contribution in [1.29, 1.82) is 0 Å². The van der Waals surface area contributed by atoms with Gasteiger partial charge in [-0.15, -0.1) is 0 Å². The first-order chi connectivity index (χ1) is 13.0. The summed E-state index contributed by atoms with van der Waals surface area (Å²) in [5.74, 6) is -47.1. The minimum atomic E-state index is -7.38. The van der Waals surface area contributed by atoms with Crippen LogP contribution in [0, 0.1) is 0 Å². The van der Waals surface area contributed by atoms with E-state index in [1.54, 1.807) is 0 Å². The molecule has 0 saturated heterocycles. The van der Waals surface area contributed by atoms with Gasteiger partial charge in [0.25, 0.3) is 16.8 Å². The Bertz CT molecular complexity index is 753. The molecule has 0 aliphatic heterocycles. The van der Waals surface area contributed by atoms with Gasteiger partial charge in [-0.05, 0) is 0 Å². The van der Waals surface area contributed by atoms with Crippen molar-refractivity contribution in [2.45, 2.75) is 57.9 Å². The minimum absolute atomic E-state index is 0.451. The lowest BCUT2D eigenvalue weighted by atomic mass is 9.38. The number of halogens is 12. The second-order valence-electron chi connectivity index (χ2n) is 6.88. The normalized spacial score (nSPS) is 47.6. The number of hydrogen-bond acceptors (Lipinski definition) is 5. The molecule has 0 amide bonds. The topological polar surface area (TPSA) is 87.0 Å². The minimum Gasteiger partial charge on any atom is -0.436 e. The number of hydrogen-bond donors (Lipinski definition) is 3. The van der Waals surface area contributed by atoms with Crippen molar-refractivity contribution in [3.05, 3.63) is 12.7 Å². The molecule has 0 aromatic carbocycles. The van der Waals surface area contributed by atoms with E-state index < -0.39 is 70.0 Å². The summed E-state index contributed by atoms with van der Waals surface area (Å²) in [6.07, 6.45) is -0.451. The van der Waals surface area contributed by atoms with E-state index in [1.807, 2.05) is 0 Å². The zero-order valence-electron chi connectivity index (χ0n) is 13.5. The van der Waals surface area contributed by atoms with E-state index in [0.29, 0.717) is 0 Å². The van der Waals surface area contributed by atoms with Crippen molar-refractivity contribution >= 4 is 5.97 Å². The van der Waals surface area contributed by atoms with Crippen molar-refractivity contribution in [3.8, 4) is 0 Å². The summed E-state index contributed by atoms with van der Waals surface area (Å²) in [4.78, 5) is 11.2. The van der Waals surface area contributed by atoms with Crippen LogP contribution in [-0.4, -0.2) is 79.2 Å². The molecule has 0 radical (unpaired) electrons. The van der Waals surface area contributed by atoms with Crippen LogP contribution in [0.25, 0.3) is 0 Å². The predicted octanol–water partition coefficient (Wildman–Crippen LogP) is 1.50. The molecule has 17 heteroatoms. The highest BCUT2D eigenvalue weighted by molar-refractivity contribution is 5.82. The molecule has 0 spiro atoms. The van der Waals surface area contributed by atoms with E-state index in [1.165, 1.54) is 0 Å². The molecular weight excluding hydrogens is 464 g/mol. The third-order valence-electron chi connectivity index (χ3n) is 5.84. The maximum absolute atomic E-state index is 14.7. The highest BCUT2D eigenvalue weighted by Gasteiger charge is 3.22. The number of rotatable bonds is 2. The first kappa shape index (κ1) is 22.9. The SMILES string of the molecule is C=CC(=O)OC12C(F)(F)C3(O)C(F)(F)C(O)(C(F)(F)C(O)(C3(F)F)C1(F)F)C2(F)F. The van der Waals surface area contributed by atoms with Gasteiger partial charge < -0.3 is 20.1 Å². The van der Waals surface area contributed by atoms with Gasteiger partial charge in [0.1, 0.15) is 0 Å². The molecule has 0 atom stereocenters. The second-order valence-corrected chi connectivity index (χ2v) is 6.88. The molecule has 172 valence electrons. The van der Waals surface area contributed by atoms with Crippen LogP contribution in [0.5, 0.6) is 0 Å². The molecular formula is C13H6F12O5. The lowest BCUT2D eigenvalue weighted by Crippen LogP contribution is -3.12. The first-order valence-corrected chi connectivity index (χ1v) is 7.25. The standard InChI is InChI=1S/C13H6F12O5/c1-2-3(26)30-7-11(20,21)4(27)8(14,15)5(28,12(7,22)23)10(18,19)6(29,9(4,16)17)13(7,24)25/h2,27-29H,1H2. The zero-order valence-corrected chi connectivity index (χ0v) is 13.5. The van der Waals surface area contributed by atoms with Crippen LogP contribution in [-0.2, 0) is 9.53 Å². The highest BCUT2D eigenvalue weighted by Crippen LogP contribution is 2.86. The van der Waals surface area contributed by atoms with Gasteiger partial charge in [-0.25, -0.2) is 4.79 Å². The molecule has 0 aromatic heterocycles. The number of carbonyl (C=O) groups is 1. The Hall–Kier alpha value is -1.75. The van der Waals surface area contributed by atoms with Gasteiger partial charge in [-0.2, -0.15) is 52.7 Å². The summed E-state index contributed by atoms with van der Waals surface area (Å²) in [7, 11) is 0. The molecule has 4 saturated carbocycles. The second kappa shape index (κ2) is 4.69. The Morgan fingerprint density at radius 2 is 0.833 bits per heavy atom. The lowest BCUT2D eigenvalue weighted by Gasteiger charge is -2.76. The third kappa shape index (κ3) is 1.30. The predicted molar refractivity (Wildman–Crippen MR) is 63.6 cm³/mol. The molecule has 0 heterocycles. The highest BCUT2D eigenvalue weighted by atomic mass is 19.3. The maximum Gasteiger partial charge on any atom is 0.339 e. The Morgan fingerprint density at radius 1 is 0.600 bits per heavy atom. The number of alkyl halides is 12. The lowest BCUT2D eigenvalue weighted by molar-refractivity contribution is -0.638. The quantitative estimate of drug-likeness (QED) is 0.324. The van der Waals surface area contributed by atoms with Crippen LogP contribution < -0.4 is 0 Å². The van der Waals surface area contributed by atoms with E-state index in [0.717, 1.165) is 0 Å². The van der Waals surface area contributed by atoms with Gasteiger partial charge in [0.05, 0.1) is 0 Å². The van der Waals surface area contributed by atoms with Gasteiger partial charge in [-0.3, -0.25) is 0 Å². The molecule has 3 N–H and O–H groups in total. The van der Waals surface area contributed by atoms with Crippen molar-refractivity contribution in [3.63, 3.8) is 0 Å². The molecule has 0 unspecified atom stereocenters.